The van der Waals surface area contributed by atoms with Crippen molar-refractivity contribution in [2.24, 2.45) is 0 Å². The van der Waals surface area contributed by atoms with Gasteiger partial charge in [0.2, 0.25) is 0 Å². The molecule has 0 radical (unpaired) electrons. The van der Waals surface area contributed by atoms with Gasteiger partial charge in [0.1, 0.15) is 17.6 Å². The fraction of sp³-hybridized carbons (Fsp3) is 0.368. The fourth-order valence-corrected chi connectivity index (χ4v) is 3.11. The van der Waals surface area contributed by atoms with Crippen LogP contribution in [0.15, 0.2) is 30.3 Å². The number of aliphatic hydroxyl groups excluding tert-OH is 2. The summed E-state index contributed by atoms with van der Waals surface area (Å²) in [5.41, 5.74) is 2.27. The van der Waals surface area contributed by atoms with Gasteiger partial charge < -0.3 is 29.2 Å². The lowest BCUT2D eigenvalue weighted by atomic mass is 9.93. The first-order chi connectivity index (χ1) is 12.1. The number of aliphatic hydroxyl groups is 2. The second-order valence-corrected chi connectivity index (χ2v) is 5.86. The zero-order valence-corrected chi connectivity index (χ0v) is 14.5. The Hall–Kier alpha value is -2.44. The van der Waals surface area contributed by atoms with Gasteiger partial charge in [0, 0.05) is 12.0 Å². The van der Waals surface area contributed by atoms with Gasteiger partial charge in [0.15, 0.2) is 11.5 Å². The van der Waals surface area contributed by atoms with Crippen molar-refractivity contribution in [2.75, 3.05) is 21.3 Å². The molecule has 2 N–H and O–H groups in total. The number of hydrogen-bond donors (Lipinski definition) is 2. The molecule has 0 saturated heterocycles. The van der Waals surface area contributed by atoms with Crippen LogP contribution in [0.4, 0.5) is 0 Å². The van der Waals surface area contributed by atoms with Crippen molar-refractivity contribution in [3.8, 4) is 23.0 Å². The Morgan fingerprint density at radius 1 is 1.00 bits per heavy atom. The average Bonchev–Trinajstić information content (AvgIpc) is 2.66. The summed E-state index contributed by atoms with van der Waals surface area (Å²) in [4.78, 5) is 0. The second-order valence-electron chi connectivity index (χ2n) is 5.86. The van der Waals surface area contributed by atoms with Crippen LogP contribution < -0.4 is 18.9 Å². The molecule has 6 nitrogen and oxygen atoms in total. The number of ether oxygens (including phenoxy) is 4. The van der Waals surface area contributed by atoms with Gasteiger partial charge in [-0.15, -0.1) is 0 Å². The molecular weight excluding hydrogens is 324 g/mol. The highest BCUT2D eigenvalue weighted by Crippen LogP contribution is 2.42. The minimum atomic E-state index is -0.737. The van der Waals surface area contributed by atoms with E-state index in [0.29, 0.717) is 35.0 Å². The molecule has 2 aromatic rings. The Morgan fingerprint density at radius 2 is 1.72 bits per heavy atom. The summed E-state index contributed by atoms with van der Waals surface area (Å²) in [5.74, 6) is 2.39. The molecule has 0 aromatic heterocycles. The Bertz CT molecular complexity index is 758. The van der Waals surface area contributed by atoms with E-state index in [-0.39, 0.29) is 6.61 Å². The molecule has 0 aliphatic carbocycles. The lowest BCUT2D eigenvalue weighted by Crippen LogP contribution is -2.30. The Kier molecular flexibility index (Phi) is 5.01. The minimum Gasteiger partial charge on any atom is -0.496 e. The fourth-order valence-electron chi connectivity index (χ4n) is 3.11. The third-order valence-electron chi connectivity index (χ3n) is 4.38. The van der Waals surface area contributed by atoms with Gasteiger partial charge in [-0.05, 0) is 35.4 Å². The SMILES string of the molecule is COc1ccc([C@H]2Oc3cc(CO)cc(OC)c3C[C@@H]2O)cc1OC. The molecule has 25 heavy (non-hydrogen) atoms. The summed E-state index contributed by atoms with van der Waals surface area (Å²) >= 11 is 0. The summed E-state index contributed by atoms with van der Waals surface area (Å²) in [6.45, 7) is -0.115. The van der Waals surface area contributed by atoms with Crippen LogP contribution in [0, 0.1) is 0 Å². The van der Waals surface area contributed by atoms with Crippen molar-refractivity contribution >= 4 is 0 Å². The highest BCUT2D eigenvalue weighted by molar-refractivity contribution is 5.51. The second kappa shape index (κ2) is 7.21. The van der Waals surface area contributed by atoms with E-state index in [1.54, 1.807) is 45.6 Å². The Balaban J connectivity index is 1.99. The molecule has 3 rings (SSSR count). The predicted molar refractivity (Wildman–Crippen MR) is 91.5 cm³/mol. The first-order valence-corrected chi connectivity index (χ1v) is 7.98. The van der Waals surface area contributed by atoms with E-state index >= 15 is 0 Å². The van der Waals surface area contributed by atoms with Crippen LogP contribution in [-0.2, 0) is 13.0 Å². The third kappa shape index (κ3) is 3.23. The first-order valence-electron chi connectivity index (χ1n) is 7.98. The maximum absolute atomic E-state index is 10.6. The van der Waals surface area contributed by atoms with Crippen molar-refractivity contribution in [1.29, 1.82) is 0 Å². The molecular formula is C19H22O6. The molecule has 1 aliphatic rings. The lowest BCUT2D eigenvalue weighted by Gasteiger charge is -2.32. The number of hydrogen-bond acceptors (Lipinski definition) is 6. The van der Waals surface area contributed by atoms with Crippen LogP contribution >= 0.6 is 0 Å². The van der Waals surface area contributed by atoms with Crippen LogP contribution in [0.2, 0.25) is 0 Å². The molecule has 1 heterocycles. The quantitative estimate of drug-likeness (QED) is 0.865. The van der Waals surface area contributed by atoms with Gasteiger partial charge in [-0.1, -0.05) is 6.07 Å². The molecule has 2 atom stereocenters. The van der Waals surface area contributed by atoms with Crippen LogP contribution in [0.3, 0.4) is 0 Å². The van der Waals surface area contributed by atoms with E-state index in [4.69, 9.17) is 18.9 Å². The Morgan fingerprint density at radius 3 is 2.36 bits per heavy atom. The molecule has 1 aliphatic heterocycles. The van der Waals surface area contributed by atoms with E-state index in [0.717, 1.165) is 11.1 Å². The monoisotopic (exact) mass is 346 g/mol. The largest absolute Gasteiger partial charge is 0.496 e. The topological polar surface area (TPSA) is 77.4 Å². The average molecular weight is 346 g/mol. The van der Waals surface area contributed by atoms with Crippen LogP contribution in [0.5, 0.6) is 23.0 Å². The zero-order chi connectivity index (χ0) is 18.0. The van der Waals surface area contributed by atoms with Crippen molar-refractivity contribution in [1.82, 2.24) is 0 Å². The molecule has 0 bridgehead atoms. The highest BCUT2D eigenvalue weighted by atomic mass is 16.5. The van der Waals surface area contributed by atoms with E-state index in [1.165, 1.54) is 0 Å². The smallest absolute Gasteiger partial charge is 0.161 e. The van der Waals surface area contributed by atoms with Crippen molar-refractivity contribution in [2.45, 2.75) is 25.2 Å². The summed E-state index contributed by atoms with van der Waals surface area (Å²) in [6, 6.07) is 8.95. The van der Waals surface area contributed by atoms with Gasteiger partial charge in [0.05, 0.1) is 34.0 Å². The van der Waals surface area contributed by atoms with Crippen LogP contribution in [-0.4, -0.2) is 37.6 Å². The number of fused-ring (bicyclic) bond motifs is 1. The van der Waals surface area contributed by atoms with Gasteiger partial charge in [-0.25, -0.2) is 0 Å². The number of methoxy groups -OCH3 is 3. The third-order valence-corrected chi connectivity index (χ3v) is 4.38. The lowest BCUT2D eigenvalue weighted by molar-refractivity contribution is 0.0197. The molecule has 0 spiro atoms. The first kappa shape index (κ1) is 17.4. The van der Waals surface area contributed by atoms with Crippen LogP contribution in [0.1, 0.15) is 22.8 Å². The summed E-state index contributed by atoms with van der Waals surface area (Å²) in [6.07, 6.45) is -0.895. The van der Waals surface area contributed by atoms with Crippen molar-refractivity contribution in [3.63, 3.8) is 0 Å². The van der Waals surface area contributed by atoms with E-state index in [1.807, 2.05) is 6.07 Å². The van der Waals surface area contributed by atoms with Crippen LogP contribution in [0.25, 0.3) is 0 Å². The molecule has 0 saturated carbocycles. The molecule has 0 amide bonds. The predicted octanol–water partition coefficient (Wildman–Crippen LogP) is 2.24. The minimum absolute atomic E-state index is 0.115. The maximum Gasteiger partial charge on any atom is 0.161 e. The molecule has 6 heteroatoms. The number of benzene rings is 2. The van der Waals surface area contributed by atoms with Gasteiger partial charge in [0.25, 0.3) is 0 Å². The van der Waals surface area contributed by atoms with Gasteiger partial charge >= 0.3 is 0 Å². The summed E-state index contributed by atoms with van der Waals surface area (Å²) in [7, 11) is 4.69. The summed E-state index contributed by atoms with van der Waals surface area (Å²) < 4.78 is 22.0. The normalized spacial score (nSPS) is 18.9. The highest BCUT2D eigenvalue weighted by Gasteiger charge is 2.32. The van der Waals surface area contributed by atoms with Gasteiger partial charge in [-0.2, -0.15) is 0 Å². The van der Waals surface area contributed by atoms with Crippen molar-refractivity contribution in [3.05, 3.63) is 47.0 Å². The molecule has 0 fully saturated rings. The zero-order valence-electron chi connectivity index (χ0n) is 14.5. The van der Waals surface area contributed by atoms with E-state index < -0.39 is 12.2 Å². The molecule has 0 unspecified atom stereocenters. The molecule has 2 aromatic carbocycles. The molecule has 134 valence electrons. The van der Waals surface area contributed by atoms with E-state index in [9.17, 15) is 10.2 Å². The Labute approximate surface area is 146 Å². The summed E-state index contributed by atoms with van der Waals surface area (Å²) in [5, 5.41) is 20.0. The maximum atomic E-state index is 10.6. The van der Waals surface area contributed by atoms with E-state index in [2.05, 4.69) is 0 Å². The standard InChI is InChI=1S/C19H22O6/c1-22-15-5-4-12(8-18(15)24-3)19-14(21)9-13-16(23-2)6-11(10-20)7-17(13)25-19/h4-8,14,19-21H,9-10H2,1-3H3/t14-,19+/m0/s1. The van der Waals surface area contributed by atoms with Crippen molar-refractivity contribution < 1.29 is 29.2 Å². The van der Waals surface area contributed by atoms with Gasteiger partial charge in [-0.3, -0.25) is 0 Å². The number of rotatable bonds is 5.